The largest absolute Gasteiger partial charge is 0.469 e. The molecule has 16 heteroatoms. The Balaban J connectivity index is 0.854. The third kappa shape index (κ3) is 9.41. The maximum Gasteiger partial charge on any atom is 0.308 e. The van der Waals surface area contributed by atoms with Crippen molar-refractivity contribution in [2.75, 3.05) is 13.7 Å². The van der Waals surface area contributed by atoms with Crippen LogP contribution in [0.25, 0.3) is 26.6 Å². The van der Waals surface area contributed by atoms with Gasteiger partial charge in [-0.15, -0.1) is 32.9 Å². The van der Waals surface area contributed by atoms with Crippen molar-refractivity contribution >= 4 is 52.1 Å². The SMILES string of the molecule is COC(=O)C[C@@H]1N=C(c2ccc(-c3ccc([C@@H]4C[C@@H]4C(=O)N[C@H](C(=O)N4C[C@H](O)C[C@H]4C(=O)N[C@@H](C)c4ccc(-c5scnc5C)cc4)C(C)(C)C)cc3)cc2)c2c(sc(C)c2C)-n2c(C)nnc21. The molecule has 3 aromatic carbocycles. The number of amides is 3. The number of nitrogens with one attached hydrogen (secondary N) is 2. The Hall–Kier alpha value is -6.36. The van der Waals surface area contributed by atoms with Gasteiger partial charge in [-0.1, -0.05) is 93.6 Å². The van der Waals surface area contributed by atoms with E-state index in [4.69, 9.17) is 9.73 Å². The summed E-state index contributed by atoms with van der Waals surface area (Å²) in [5.74, 6) is -0.295. The van der Waals surface area contributed by atoms with Gasteiger partial charge in [0.15, 0.2) is 5.82 Å². The molecule has 0 unspecified atom stereocenters. The zero-order chi connectivity index (χ0) is 49.1. The van der Waals surface area contributed by atoms with E-state index in [2.05, 4.69) is 88.2 Å². The van der Waals surface area contributed by atoms with Gasteiger partial charge in [0.25, 0.3) is 0 Å². The molecule has 358 valence electrons. The molecule has 1 aliphatic carbocycles. The molecule has 2 fully saturated rings. The van der Waals surface area contributed by atoms with E-state index in [1.807, 2.05) is 75.9 Å². The number of carbonyl (C=O) groups excluding carboxylic acids is 4. The maximum atomic E-state index is 14.4. The molecule has 14 nitrogen and oxygen atoms in total. The van der Waals surface area contributed by atoms with Gasteiger partial charge in [-0.3, -0.25) is 28.7 Å². The fraction of sp³-hybridized carbons (Fsp3) is 0.396. The van der Waals surface area contributed by atoms with Crippen LogP contribution in [0.3, 0.4) is 0 Å². The molecule has 0 radical (unpaired) electrons. The first-order valence-corrected chi connectivity index (χ1v) is 25.1. The van der Waals surface area contributed by atoms with Crippen molar-refractivity contribution < 1.29 is 29.0 Å². The van der Waals surface area contributed by atoms with Crippen LogP contribution in [0.4, 0.5) is 0 Å². The van der Waals surface area contributed by atoms with Gasteiger partial charge in [-0.05, 0) is 85.8 Å². The monoisotopic (exact) mass is 966 g/mol. The van der Waals surface area contributed by atoms with E-state index in [1.54, 1.807) is 22.7 Å². The molecule has 1 saturated heterocycles. The van der Waals surface area contributed by atoms with E-state index >= 15 is 0 Å². The van der Waals surface area contributed by atoms with Crippen molar-refractivity contribution in [2.45, 2.75) is 111 Å². The number of aryl methyl sites for hydroxylation is 3. The van der Waals surface area contributed by atoms with E-state index in [1.165, 1.54) is 12.0 Å². The Labute approximate surface area is 410 Å². The highest BCUT2D eigenvalue weighted by molar-refractivity contribution is 7.15. The number of β-amino-alcohol motifs (C(OH)–C–C–N with tert-alkyl or cyclic N) is 1. The lowest BCUT2D eigenvalue weighted by Gasteiger charge is -2.35. The Morgan fingerprint density at radius 2 is 1.51 bits per heavy atom. The highest BCUT2D eigenvalue weighted by atomic mass is 32.1. The van der Waals surface area contributed by atoms with Crippen LogP contribution >= 0.6 is 22.7 Å². The van der Waals surface area contributed by atoms with Gasteiger partial charge in [-0.2, -0.15) is 0 Å². The number of esters is 1. The number of aliphatic hydroxyl groups excluding tert-OH is 1. The predicted octanol–water partition coefficient (Wildman–Crippen LogP) is 8.28. The van der Waals surface area contributed by atoms with Gasteiger partial charge in [-0.25, -0.2) is 4.98 Å². The molecule has 69 heavy (non-hydrogen) atoms. The van der Waals surface area contributed by atoms with Crippen molar-refractivity contribution in [1.29, 1.82) is 0 Å². The number of hydrogen-bond donors (Lipinski definition) is 3. The first-order valence-electron chi connectivity index (χ1n) is 23.4. The van der Waals surface area contributed by atoms with Crippen molar-refractivity contribution in [2.24, 2.45) is 16.3 Å². The molecule has 3 amide bonds. The predicted molar refractivity (Wildman–Crippen MR) is 268 cm³/mol. The second-order valence-electron chi connectivity index (χ2n) is 19.6. The van der Waals surface area contributed by atoms with E-state index in [9.17, 15) is 24.3 Å². The van der Waals surface area contributed by atoms with Crippen LogP contribution in [0.5, 0.6) is 0 Å². The second kappa shape index (κ2) is 18.9. The van der Waals surface area contributed by atoms with Crippen molar-refractivity contribution in [3.8, 4) is 26.6 Å². The molecule has 6 aromatic rings. The summed E-state index contributed by atoms with van der Waals surface area (Å²) in [5, 5.41) is 26.7. The summed E-state index contributed by atoms with van der Waals surface area (Å²) in [4.78, 5) is 68.0. The molecule has 2 aliphatic heterocycles. The summed E-state index contributed by atoms with van der Waals surface area (Å²) >= 11 is 3.24. The number of aliphatic hydroxyl groups is 1. The number of methoxy groups -OCH3 is 1. The highest BCUT2D eigenvalue weighted by Gasteiger charge is 2.49. The smallest absolute Gasteiger partial charge is 0.308 e. The Morgan fingerprint density at radius 1 is 0.855 bits per heavy atom. The third-order valence-corrected chi connectivity index (χ3v) is 16.0. The lowest BCUT2D eigenvalue weighted by molar-refractivity contribution is -0.144. The zero-order valence-electron chi connectivity index (χ0n) is 40.4. The summed E-state index contributed by atoms with van der Waals surface area (Å²) in [5.41, 5.74) is 11.0. The number of thiophene rings is 1. The van der Waals surface area contributed by atoms with Crippen LogP contribution in [-0.2, 0) is 23.9 Å². The molecule has 0 bridgehead atoms. The Kier molecular flexibility index (Phi) is 13.0. The minimum atomic E-state index is -0.914. The molecular formula is C53H58N8O6S2. The van der Waals surface area contributed by atoms with Gasteiger partial charge >= 0.3 is 5.97 Å². The number of rotatable bonds is 12. The average molecular weight is 967 g/mol. The topological polar surface area (TPSA) is 181 Å². The molecular weight excluding hydrogens is 909 g/mol. The summed E-state index contributed by atoms with van der Waals surface area (Å²) in [7, 11) is 1.37. The van der Waals surface area contributed by atoms with Gasteiger partial charge in [0.1, 0.15) is 29.0 Å². The molecule has 5 heterocycles. The van der Waals surface area contributed by atoms with Crippen molar-refractivity contribution in [3.05, 3.63) is 128 Å². The first-order chi connectivity index (χ1) is 32.9. The minimum Gasteiger partial charge on any atom is -0.469 e. The third-order valence-electron chi connectivity index (χ3n) is 13.8. The summed E-state index contributed by atoms with van der Waals surface area (Å²) < 4.78 is 7.06. The van der Waals surface area contributed by atoms with Crippen LogP contribution in [0.15, 0.2) is 83.3 Å². The maximum absolute atomic E-state index is 14.4. The average Bonchev–Trinajstić information content (AvgIpc) is 3.48. The number of ether oxygens (including phenoxy) is 1. The highest BCUT2D eigenvalue weighted by Crippen LogP contribution is 2.48. The molecule has 9 rings (SSSR count). The zero-order valence-corrected chi connectivity index (χ0v) is 42.0. The van der Waals surface area contributed by atoms with Gasteiger partial charge in [0.2, 0.25) is 17.7 Å². The van der Waals surface area contributed by atoms with Gasteiger partial charge < -0.3 is 25.4 Å². The number of aliphatic imine (C=N–C) groups is 1. The fourth-order valence-corrected chi connectivity index (χ4v) is 11.7. The lowest BCUT2D eigenvalue weighted by Crippen LogP contribution is -2.58. The second-order valence-corrected chi connectivity index (χ2v) is 21.7. The number of hydrogen-bond acceptors (Lipinski definition) is 12. The molecule has 1 saturated carbocycles. The minimum absolute atomic E-state index is 0.00274. The number of likely N-dealkylation sites (tertiary alicyclic amines) is 1. The molecule has 3 N–H and O–H groups in total. The van der Waals surface area contributed by atoms with Crippen LogP contribution in [-0.4, -0.2) is 91.0 Å². The summed E-state index contributed by atoms with van der Waals surface area (Å²) in [6.45, 7) is 15.7. The summed E-state index contributed by atoms with van der Waals surface area (Å²) in [6, 6.07) is 21.8. The van der Waals surface area contributed by atoms with Crippen LogP contribution in [0.1, 0.15) is 115 Å². The number of benzene rings is 3. The van der Waals surface area contributed by atoms with Gasteiger partial charge in [0.05, 0.1) is 47.5 Å². The van der Waals surface area contributed by atoms with Gasteiger partial charge in [0, 0.05) is 34.9 Å². The lowest BCUT2D eigenvalue weighted by atomic mass is 9.85. The normalized spacial score (nSPS) is 20.5. The number of carbonyl (C=O) groups is 4. The summed E-state index contributed by atoms with van der Waals surface area (Å²) in [6.07, 6.45) is -0.0750. The standard InChI is InChI=1S/C53H58N8O6S2/c1-27-30(4)69-52-44(27)45(56-41(24-43(63)67-9)48-59-58-31(5)61(48)52)36-18-14-34(15-19-36)33-12-16-35(17-13-33)39-23-40(39)49(64)57-47(53(6,7)8)51(66)60-25-38(62)22-42(60)50(65)55-28(2)32-10-20-37(21-11-32)46-29(3)54-26-68-46/h10-21,26,28,38-42,47,62H,22-25H2,1-9H3,(H,55,65)(H,57,64)/t28-,38+,39-,40-,41-,42-,47+/m0/s1. The van der Waals surface area contributed by atoms with Crippen molar-refractivity contribution in [1.82, 2.24) is 35.3 Å². The molecule has 7 atom stereocenters. The Morgan fingerprint density at radius 3 is 2.14 bits per heavy atom. The molecule has 3 aromatic heterocycles. The van der Waals surface area contributed by atoms with Crippen LogP contribution in [0.2, 0.25) is 0 Å². The van der Waals surface area contributed by atoms with Crippen LogP contribution in [0, 0.1) is 39.0 Å². The van der Waals surface area contributed by atoms with Crippen molar-refractivity contribution in [3.63, 3.8) is 0 Å². The van der Waals surface area contributed by atoms with E-state index in [0.717, 1.165) is 76.5 Å². The number of fused-ring (bicyclic) bond motifs is 3. The quantitative estimate of drug-likeness (QED) is 0.102. The van der Waals surface area contributed by atoms with E-state index < -0.39 is 29.6 Å². The molecule has 3 aliphatic rings. The number of aromatic nitrogens is 4. The number of nitrogens with zero attached hydrogens (tertiary/aromatic N) is 6. The fourth-order valence-electron chi connectivity index (χ4n) is 9.63. The van der Waals surface area contributed by atoms with E-state index in [0.29, 0.717) is 12.2 Å². The number of thiazole rings is 1. The van der Waals surface area contributed by atoms with E-state index in [-0.39, 0.29) is 61.0 Å². The first kappa shape index (κ1) is 47.7. The van der Waals surface area contributed by atoms with Crippen LogP contribution < -0.4 is 10.6 Å². The molecule has 0 spiro atoms. The Bertz CT molecular complexity index is 2970.